The third kappa shape index (κ3) is 11.1. The first-order valence-corrected chi connectivity index (χ1v) is 22.0. The second-order valence-corrected chi connectivity index (χ2v) is 17.5. The molecule has 4 amide bonds. The molecule has 1 saturated carbocycles. The van der Waals surface area contributed by atoms with Crippen LogP contribution in [0, 0.1) is 24.0 Å². The van der Waals surface area contributed by atoms with E-state index in [0.29, 0.717) is 23.2 Å². The zero-order valence-corrected chi connectivity index (χ0v) is 38.6. The highest BCUT2D eigenvalue weighted by Crippen LogP contribution is 2.57. The summed E-state index contributed by atoms with van der Waals surface area (Å²) in [5.41, 5.74) is 1.88. The van der Waals surface area contributed by atoms with Crippen molar-refractivity contribution in [3.8, 4) is 22.6 Å². The predicted octanol–water partition coefficient (Wildman–Crippen LogP) is 9.40. The van der Waals surface area contributed by atoms with E-state index in [4.69, 9.17) is 4.52 Å². The Kier molecular flexibility index (Phi) is 15.9. The number of urea groups is 1. The van der Waals surface area contributed by atoms with Crippen LogP contribution in [0.2, 0.25) is 0 Å². The molecule has 0 bridgehead atoms. The molecule has 0 radical (unpaired) electrons. The van der Waals surface area contributed by atoms with E-state index in [1.807, 2.05) is 39.8 Å². The highest BCUT2D eigenvalue weighted by Gasteiger charge is 2.53. The second kappa shape index (κ2) is 20.7. The smallest absolute Gasteiger partial charge is 0.328 e. The highest BCUT2D eigenvalue weighted by molar-refractivity contribution is 6.05. The van der Waals surface area contributed by atoms with E-state index < -0.39 is 34.9 Å². The number of carbonyl (C=O) groups is 4. The number of ketones is 1. The van der Waals surface area contributed by atoms with Crippen LogP contribution in [0.15, 0.2) is 53.2 Å². The van der Waals surface area contributed by atoms with Gasteiger partial charge in [0.1, 0.15) is 23.2 Å². The average Bonchev–Trinajstić information content (AvgIpc) is 3.95. The van der Waals surface area contributed by atoms with Crippen LogP contribution in [0.25, 0.3) is 22.6 Å². The van der Waals surface area contributed by atoms with Crippen LogP contribution >= 0.6 is 0 Å². The van der Waals surface area contributed by atoms with Crippen molar-refractivity contribution in [3.63, 3.8) is 0 Å². The maximum absolute atomic E-state index is 15.7. The maximum Gasteiger partial charge on any atom is 0.328 e. The number of imide groups is 1. The van der Waals surface area contributed by atoms with E-state index in [2.05, 4.69) is 45.8 Å². The molecule has 1 atom stereocenters. The summed E-state index contributed by atoms with van der Waals surface area (Å²) >= 11 is 0. The maximum atomic E-state index is 15.7. The third-order valence-corrected chi connectivity index (χ3v) is 12.6. The molecule has 67 heavy (non-hydrogen) atoms. The summed E-state index contributed by atoms with van der Waals surface area (Å²) in [7, 11) is 0. The number of Topliss-reactive ketones (excluding diaryl/α,β-unsaturated/α-hetero) is 1. The Morgan fingerprint density at radius 3 is 2.28 bits per heavy atom. The summed E-state index contributed by atoms with van der Waals surface area (Å²) in [4.78, 5) is 62.8. The number of amides is 4. The van der Waals surface area contributed by atoms with Crippen molar-refractivity contribution >= 4 is 29.3 Å². The van der Waals surface area contributed by atoms with Crippen molar-refractivity contribution in [2.45, 2.75) is 125 Å². The molecule has 360 valence electrons. The minimum absolute atomic E-state index is 0. The molecule has 15 nitrogen and oxygen atoms in total. The Morgan fingerprint density at radius 2 is 1.69 bits per heavy atom. The first-order valence-electron chi connectivity index (χ1n) is 22.0. The highest BCUT2D eigenvalue weighted by atomic mass is 19.3. The van der Waals surface area contributed by atoms with Crippen molar-refractivity contribution in [1.29, 1.82) is 0 Å². The number of hydrogen-bond donors (Lipinski definition) is 3. The molecular weight excluding hydrogens is 873 g/mol. The Morgan fingerprint density at radius 1 is 1.00 bits per heavy atom. The standard InChI is InChI=1S/C41H42F4N10O4.C4H8O.C2H6.CH4/c1-21-27(17-46-35(48-21)30-14-32(59-53-30)36(57)47-18-33-49-37(52-51-33)39(3,4)40(5,44)45)26-8-6-23(12-28(26)42)22(2)54-19-41(20-54)15-25(16-41)24-7-9-31(29(43)13-24)55-11-10-34(56)50-38(55)58;1-3-4(2)5;1-2;/h6-9,12-14,17,22,25H,10-11,15-16,18-20H2,1-5H3,(H,47,57)(H,49,51,52)(H,50,56,58);3H2,1-2H3;1-2H3;1H4. The van der Waals surface area contributed by atoms with Gasteiger partial charge in [-0.15, -0.1) is 0 Å². The molecule has 5 aromatic rings. The lowest BCUT2D eigenvalue weighted by Gasteiger charge is -2.61. The quantitative estimate of drug-likeness (QED) is 0.101. The number of rotatable bonds is 12. The molecule has 5 heterocycles. The lowest BCUT2D eigenvalue weighted by Crippen LogP contribution is -2.61. The number of H-pyrrole nitrogens is 1. The van der Waals surface area contributed by atoms with Crippen molar-refractivity contribution in [1.82, 2.24) is 45.8 Å². The molecule has 2 aliphatic heterocycles. The fourth-order valence-corrected chi connectivity index (χ4v) is 8.02. The van der Waals surface area contributed by atoms with Gasteiger partial charge >= 0.3 is 6.03 Å². The molecule has 3 N–H and O–H groups in total. The number of aromatic nitrogens is 6. The summed E-state index contributed by atoms with van der Waals surface area (Å²) in [6.07, 6.45) is 4.11. The zero-order valence-electron chi connectivity index (χ0n) is 38.6. The SMILES string of the molecule is C.CC.CCC(C)=O.Cc1nc(-c2cc(C(=O)NCc3nc(C(C)(C)C(C)(F)F)n[nH]3)on2)ncc1-c1ccc(C(C)N2CC3(CC(c4ccc(N5CCC(=O)NC5=O)c(F)c4)C3)C2)cc1F. The van der Waals surface area contributed by atoms with Gasteiger partial charge in [0.15, 0.2) is 17.3 Å². The van der Waals surface area contributed by atoms with Crippen LogP contribution in [-0.2, 0) is 21.5 Å². The second-order valence-electron chi connectivity index (χ2n) is 17.5. The van der Waals surface area contributed by atoms with Crippen LogP contribution in [0.1, 0.15) is 139 Å². The summed E-state index contributed by atoms with van der Waals surface area (Å²) in [6, 6.07) is 10.8. The fourth-order valence-electron chi connectivity index (χ4n) is 8.02. The summed E-state index contributed by atoms with van der Waals surface area (Å²) < 4.78 is 64.0. The monoisotopic (exact) mass is 932 g/mol. The minimum atomic E-state index is -3.07. The van der Waals surface area contributed by atoms with E-state index in [1.165, 1.54) is 43.1 Å². The summed E-state index contributed by atoms with van der Waals surface area (Å²) in [5.74, 6) is -4.40. The first kappa shape index (κ1) is 51.6. The van der Waals surface area contributed by atoms with Crippen LogP contribution in [0.5, 0.6) is 0 Å². The first-order chi connectivity index (χ1) is 31.2. The van der Waals surface area contributed by atoms with Gasteiger partial charge in [-0.2, -0.15) is 5.10 Å². The van der Waals surface area contributed by atoms with Gasteiger partial charge in [0.2, 0.25) is 11.7 Å². The molecule has 1 spiro atoms. The summed E-state index contributed by atoms with van der Waals surface area (Å²) in [6.45, 7) is 16.4. The number of carbonyl (C=O) groups excluding carboxylic acids is 4. The van der Waals surface area contributed by atoms with E-state index >= 15 is 8.78 Å². The number of benzene rings is 2. The van der Waals surface area contributed by atoms with E-state index in [0.717, 1.165) is 44.0 Å². The number of aromatic amines is 1. The topological polar surface area (TPSA) is 192 Å². The molecule has 2 saturated heterocycles. The lowest BCUT2D eigenvalue weighted by molar-refractivity contribution is -0.120. The Balaban J connectivity index is 0.000000986. The van der Waals surface area contributed by atoms with Crippen LogP contribution in [0.3, 0.4) is 0 Å². The predicted molar refractivity (Wildman–Crippen MR) is 244 cm³/mol. The molecule has 8 rings (SSSR count). The molecular formula is C48H60F4N10O5. The van der Waals surface area contributed by atoms with Crippen molar-refractivity contribution in [3.05, 3.63) is 94.5 Å². The van der Waals surface area contributed by atoms with Gasteiger partial charge in [-0.25, -0.2) is 37.3 Å². The Bertz CT molecular complexity index is 2590. The van der Waals surface area contributed by atoms with Gasteiger partial charge < -0.3 is 14.6 Å². The third-order valence-electron chi connectivity index (χ3n) is 12.6. The van der Waals surface area contributed by atoms with Gasteiger partial charge in [0.05, 0.1) is 17.6 Å². The van der Waals surface area contributed by atoms with E-state index in [-0.39, 0.29) is 90.6 Å². The van der Waals surface area contributed by atoms with Crippen LogP contribution in [0.4, 0.5) is 28.0 Å². The molecule has 2 aromatic carbocycles. The molecule has 3 aromatic heterocycles. The van der Waals surface area contributed by atoms with Gasteiger partial charge in [0, 0.05) is 74.5 Å². The van der Waals surface area contributed by atoms with Crippen molar-refractivity contribution < 1.29 is 41.3 Å². The average molecular weight is 933 g/mol. The zero-order chi connectivity index (χ0) is 48.3. The molecule has 3 fully saturated rings. The van der Waals surface area contributed by atoms with Crippen molar-refractivity contribution in [2.75, 3.05) is 24.5 Å². The summed E-state index contributed by atoms with van der Waals surface area (Å²) in [5, 5.41) is 15.2. The van der Waals surface area contributed by atoms with E-state index in [9.17, 15) is 28.0 Å². The number of nitrogens with zero attached hydrogens (tertiary/aromatic N) is 7. The number of anilines is 1. The molecule has 1 unspecified atom stereocenters. The fraction of sp³-hybridized carbons (Fsp3) is 0.479. The van der Waals surface area contributed by atoms with Gasteiger partial charge in [-0.3, -0.25) is 29.8 Å². The Hall–Kier alpha value is -6.37. The van der Waals surface area contributed by atoms with Gasteiger partial charge in [0.25, 0.3) is 11.8 Å². The molecule has 1 aliphatic carbocycles. The number of halogens is 4. The lowest BCUT2D eigenvalue weighted by atomic mass is 9.56. The molecule has 19 heteroatoms. The number of nitrogens with one attached hydrogen (secondary N) is 3. The largest absolute Gasteiger partial charge is 0.350 e. The van der Waals surface area contributed by atoms with Gasteiger partial charge in [-0.05, 0) is 88.1 Å². The van der Waals surface area contributed by atoms with Crippen LogP contribution < -0.4 is 15.5 Å². The minimum Gasteiger partial charge on any atom is -0.350 e. The molecule has 3 aliphatic rings. The Labute approximate surface area is 387 Å². The van der Waals surface area contributed by atoms with Gasteiger partial charge in [-0.1, -0.05) is 51.6 Å². The van der Waals surface area contributed by atoms with Crippen LogP contribution in [-0.4, -0.2) is 84.4 Å². The number of likely N-dealkylation sites (tertiary alicyclic amines) is 1. The van der Waals surface area contributed by atoms with E-state index in [1.54, 1.807) is 26.0 Å². The van der Waals surface area contributed by atoms with Crippen molar-refractivity contribution in [2.24, 2.45) is 5.41 Å². The normalized spacial score (nSPS) is 16.3. The number of aryl methyl sites for hydroxylation is 1. The number of alkyl halides is 2. The number of hydrogen-bond acceptors (Lipinski definition) is 11.